The number of anilines is 1. The van der Waals surface area contributed by atoms with Gasteiger partial charge in [0.1, 0.15) is 17.2 Å². The highest BCUT2D eigenvalue weighted by atomic mass is 32.2. The molecule has 0 unspecified atom stereocenters. The molecular weight excluding hydrogens is 532 g/mol. The fourth-order valence-corrected chi connectivity index (χ4v) is 5.26. The molecule has 0 bridgehead atoms. The Hall–Kier alpha value is -4.29. The molecule has 38 heavy (non-hydrogen) atoms. The zero-order valence-corrected chi connectivity index (χ0v) is 21.9. The highest BCUT2D eigenvalue weighted by Crippen LogP contribution is 2.35. The third-order valence-electron chi connectivity index (χ3n) is 5.27. The number of benzene rings is 3. The molecule has 0 aliphatic carbocycles. The van der Waals surface area contributed by atoms with Gasteiger partial charge in [-0.05, 0) is 59.8 Å². The van der Waals surface area contributed by atoms with E-state index in [1.54, 1.807) is 42.5 Å². The number of carbonyl (C=O) groups excluding carboxylic acids is 3. The molecule has 1 heterocycles. The smallest absolute Gasteiger partial charge is 0.339 e. The van der Waals surface area contributed by atoms with Crippen LogP contribution in [-0.2, 0) is 19.7 Å². The van der Waals surface area contributed by atoms with Crippen molar-refractivity contribution in [1.82, 2.24) is 4.90 Å². The summed E-state index contributed by atoms with van der Waals surface area (Å²) in [5, 5.41) is 2.03. The van der Waals surface area contributed by atoms with Gasteiger partial charge in [0.15, 0.2) is 11.5 Å². The summed E-state index contributed by atoms with van der Waals surface area (Å²) < 4.78 is 40.8. The van der Waals surface area contributed by atoms with Crippen LogP contribution in [0.4, 0.5) is 10.5 Å². The van der Waals surface area contributed by atoms with Gasteiger partial charge in [-0.1, -0.05) is 36.4 Å². The Bertz CT molecular complexity index is 1520. The third kappa shape index (κ3) is 5.98. The van der Waals surface area contributed by atoms with Gasteiger partial charge in [-0.25, -0.2) is 0 Å². The number of carbonyl (C=O) groups is 3. The lowest BCUT2D eigenvalue weighted by Gasteiger charge is -2.14. The molecule has 3 aromatic rings. The lowest BCUT2D eigenvalue weighted by atomic mass is 10.2. The van der Waals surface area contributed by atoms with Gasteiger partial charge in [0, 0.05) is 0 Å². The van der Waals surface area contributed by atoms with Gasteiger partial charge in [-0.3, -0.25) is 19.3 Å². The van der Waals surface area contributed by atoms with Crippen molar-refractivity contribution in [2.75, 3.05) is 26.1 Å². The van der Waals surface area contributed by atoms with Gasteiger partial charge >= 0.3 is 10.1 Å². The zero-order valence-electron chi connectivity index (χ0n) is 20.2. The van der Waals surface area contributed by atoms with E-state index in [4.69, 9.17) is 13.7 Å². The van der Waals surface area contributed by atoms with Crippen molar-refractivity contribution >= 4 is 50.7 Å². The van der Waals surface area contributed by atoms with Crippen LogP contribution < -0.4 is 19.0 Å². The summed E-state index contributed by atoms with van der Waals surface area (Å²) in [6, 6.07) is 18.8. The number of hydrogen-bond acceptors (Lipinski definition) is 9. The highest BCUT2D eigenvalue weighted by molar-refractivity contribution is 8.18. The molecule has 1 aliphatic heterocycles. The van der Waals surface area contributed by atoms with Crippen LogP contribution in [0, 0.1) is 0 Å². The molecule has 196 valence electrons. The van der Waals surface area contributed by atoms with Crippen molar-refractivity contribution in [1.29, 1.82) is 0 Å². The predicted octanol–water partition coefficient (Wildman–Crippen LogP) is 4.15. The Balaban J connectivity index is 1.48. The maximum absolute atomic E-state index is 12.9. The number of nitrogens with one attached hydrogen (secondary N) is 1. The zero-order chi connectivity index (χ0) is 27.3. The molecule has 0 radical (unpaired) electrons. The van der Waals surface area contributed by atoms with E-state index in [9.17, 15) is 22.8 Å². The maximum atomic E-state index is 12.9. The summed E-state index contributed by atoms with van der Waals surface area (Å²) >= 11 is 0.683. The van der Waals surface area contributed by atoms with Crippen LogP contribution in [-0.4, -0.2) is 51.1 Å². The molecular formula is C26H22N2O8S2. The largest absolute Gasteiger partial charge is 0.495 e. The summed E-state index contributed by atoms with van der Waals surface area (Å²) in [6.07, 6.45) is 1.45. The molecule has 4 rings (SSSR count). The third-order valence-corrected chi connectivity index (χ3v) is 7.43. The van der Waals surface area contributed by atoms with E-state index in [2.05, 4.69) is 5.32 Å². The Morgan fingerprint density at radius 2 is 1.61 bits per heavy atom. The molecule has 0 aromatic heterocycles. The first-order valence-electron chi connectivity index (χ1n) is 11.1. The second kappa shape index (κ2) is 11.4. The number of thioether (sulfide) groups is 1. The van der Waals surface area contributed by atoms with Crippen molar-refractivity contribution < 1.29 is 36.5 Å². The lowest BCUT2D eigenvalue weighted by Crippen LogP contribution is -2.36. The molecule has 0 atom stereocenters. The number of imide groups is 1. The minimum atomic E-state index is -4.09. The standard InChI is InChI=1S/C26H22N2O8S2/c1-34-20-11-7-6-10-19(20)27-24(29)16-28-25(30)23(37-26(28)31)15-17-12-13-21(22(14-17)35-2)36-38(32,33)18-8-4-3-5-9-18/h3-15H,16H2,1-2H3,(H,27,29)/b23-15-. The van der Waals surface area contributed by atoms with Gasteiger partial charge in [0.2, 0.25) is 5.91 Å². The molecule has 1 aliphatic rings. The molecule has 10 nitrogen and oxygen atoms in total. The average molecular weight is 555 g/mol. The van der Waals surface area contributed by atoms with Crippen LogP contribution in [0.1, 0.15) is 5.56 Å². The fraction of sp³-hybridized carbons (Fsp3) is 0.115. The van der Waals surface area contributed by atoms with E-state index < -0.39 is 33.7 Å². The van der Waals surface area contributed by atoms with Crippen LogP contribution in [0.5, 0.6) is 17.2 Å². The van der Waals surface area contributed by atoms with Crippen LogP contribution in [0.15, 0.2) is 82.6 Å². The minimum Gasteiger partial charge on any atom is -0.495 e. The number of para-hydroxylation sites is 2. The predicted molar refractivity (Wildman–Crippen MR) is 142 cm³/mol. The van der Waals surface area contributed by atoms with E-state index in [1.165, 1.54) is 50.6 Å². The molecule has 1 saturated heterocycles. The van der Waals surface area contributed by atoms with Crippen LogP contribution in [0.2, 0.25) is 0 Å². The average Bonchev–Trinajstić information content (AvgIpc) is 3.17. The molecule has 0 saturated carbocycles. The Morgan fingerprint density at radius 3 is 2.32 bits per heavy atom. The number of methoxy groups -OCH3 is 2. The summed E-state index contributed by atoms with van der Waals surface area (Å²) in [7, 11) is -1.29. The number of rotatable bonds is 9. The first-order valence-corrected chi connectivity index (χ1v) is 13.3. The molecule has 1 fully saturated rings. The molecule has 1 N–H and O–H groups in total. The SMILES string of the molecule is COc1ccccc1NC(=O)CN1C(=O)S/C(=C\c2ccc(OS(=O)(=O)c3ccccc3)c(OC)c2)C1=O. The van der Waals surface area contributed by atoms with Crippen molar-refractivity contribution in [2.45, 2.75) is 4.90 Å². The van der Waals surface area contributed by atoms with E-state index in [0.717, 1.165) is 4.90 Å². The quantitative estimate of drug-likeness (QED) is 0.306. The minimum absolute atomic E-state index is 0.0189. The van der Waals surface area contributed by atoms with E-state index in [0.29, 0.717) is 28.8 Å². The molecule has 3 amide bonds. The number of ether oxygens (including phenoxy) is 2. The van der Waals surface area contributed by atoms with Gasteiger partial charge < -0.3 is 19.0 Å². The molecule has 12 heteroatoms. The van der Waals surface area contributed by atoms with Crippen LogP contribution in [0.25, 0.3) is 6.08 Å². The molecule has 0 spiro atoms. The molecule has 3 aromatic carbocycles. The Morgan fingerprint density at radius 1 is 0.921 bits per heavy atom. The summed E-state index contributed by atoms with van der Waals surface area (Å²) in [5.74, 6) is -0.710. The number of amides is 3. The van der Waals surface area contributed by atoms with Crippen molar-refractivity contribution in [3.05, 3.63) is 83.3 Å². The van der Waals surface area contributed by atoms with E-state index in [1.807, 2.05) is 0 Å². The highest BCUT2D eigenvalue weighted by Gasteiger charge is 2.36. The van der Waals surface area contributed by atoms with Gasteiger partial charge in [0.05, 0.1) is 24.8 Å². The monoisotopic (exact) mass is 554 g/mol. The van der Waals surface area contributed by atoms with Crippen molar-refractivity contribution in [3.63, 3.8) is 0 Å². The second-order valence-corrected chi connectivity index (χ2v) is 10.3. The van der Waals surface area contributed by atoms with E-state index >= 15 is 0 Å². The normalized spacial score (nSPS) is 14.5. The summed E-state index contributed by atoms with van der Waals surface area (Å²) in [5.41, 5.74) is 0.862. The topological polar surface area (TPSA) is 128 Å². The first-order chi connectivity index (χ1) is 18.2. The fourth-order valence-electron chi connectivity index (χ4n) is 3.47. The van der Waals surface area contributed by atoms with Crippen molar-refractivity contribution in [2.24, 2.45) is 0 Å². The Labute approximate surface area is 223 Å². The van der Waals surface area contributed by atoms with Gasteiger partial charge in [0.25, 0.3) is 11.1 Å². The van der Waals surface area contributed by atoms with Gasteiger partial charge in [-0.2, -0.15) is 8.42 Å². The van der Waals surface area contributed by atoms with E-state index in [-0.39, 0.29) is 21.3 Å². The van der Waals surface area contributed by atoms with Crippen molar-refractivity contribution in [3.8, 4) is 17.2 Å². The Kier molecular flexibility index (Phi) is 8.03. The van der Waals surface area contributed by atoms with Crippen LogP contribution in [0.3, 0.4) is 0 Å². The maximum Gasteiger partial charge on any atom is 0.339 e. The lowest BCUT2D eigenvalue weighted by molar-refractivity contribution is -0.127. The van der Waals surface area contributed by atoms with Crippen LogP contribution >= 0.6 is 11.8 Å². The van der Waals surface area contributed by atoms with Gasteiger partial charge in [-0.15, -0.1) is 0 Å². The number of hydrogen-bond donors (Lipinski definition) is 1. The summed E-state index contributed by atoms with van der Waals surface area (Å²) in [4.78, 5) is 38.8. The number of nitrogens with zero attached hydrogens (tertiary/aromatic N) is 1. The second-order valence-electron chi connectivity index (χ2n) is 7.78. The first kappa shape index (κ1) is 26.8. The summed E-state index contributed by atoms with van der Waals surface area (Å²) in [6.45, 7) is -0.479.